The van der Waals surface area contributed by atoms with Gasteiger partial charge >= 0.3 is 5.97 Å². The van der Waals surface area contributed by atoms with E-state index in [1.165, 1.54) is 57.6 Å². The molecule has 2 nitrogen and oxygen atoms in total. The molecule has 3 aliphatic rings. The number of allylic oxidation sites excluding steroid dienone is 6. The normalized spacial score (nSPS) is 29.4. The molecule has 0 heterocycles. The fraction of sp³-hybridized carbons (Fsp3) is 0.654. The van der Waals surface area contributed by atoms with Gasteiger partial charge in [-0.25, -0.2) is 4.79 Å². The van der Waals surface area contributed by atoms with Crippen molar-refractivity contribution < 1.29 is 9.53 Å². The van der Waals surface area contributed by atoms with Crippen LogP contribution in [0, 0.1) is 23.7 Å². The highest BCUT2D eigenvalue weighted by molar-refractivity contribution is 5.87. The van der Waals surface area contributed by atoms with Crippen molar-refractivity contribution in [1.82, 2.24) is 0 Å². The lowest BCUT2D eigenvalue weighted by Crippen LogP contribution is -2.33. The van der Waals surface area contributed by atoms with E-state index in [0.717, 1.165) is 24.3 Å². The van der Waals surface area contributed by atoms with E-state index in [-0.39, 0.29) is 5.97 Å². The van der Waals surface area contributed by atoms with Crippen LogP contribution in [0.5, 0.6) is 0 Å². The Morgan fingerprint density at radius 2 is 2.11 bits per heavy atom. The third kappa shape index (κ3) is 4.53. The van der Waals surface area contributed by atoms with Crippen LogP contribution in [-0.4, -0.2) is 13.1 Å². The average Bonchev–Trinajstić information content (AvgIpc) is 2.99. The van der Waals surface area contributed by atoms with Crippen LogP contribution in [0.2, 0.25) is 0 Å². The van der Waals surface area contributed by atoms with Crippen LogP contribution in [-0.2, 0) is 9.53 Å². The minimum atomic E-state index is -0.205. The Morgan fingerprint density at radius 1 is 1.32 bits per heavy atom. The fourth-order valence-corrected chi connectivity index (χ4v) is 5.88. The molecule has 0 aromatic heterocycles. The smallest absolute Gasteiger partial charge is 0.333 e. The molecule has 0 aromatic rings. The number of hydrogen-bond acceptors (Lipinski definition) is 2. The molecule has 0 unspecified atom stereocenters. The Balaban J connectivity index is 1.78. The summed E-state index contributed by atoms with van der Waals surface area (Å²) in [4.78, 5) is 11.6. The molecule has 3 rings (SSSR count). The molecular weight excluding hydrogens is 344 g/mol. The van der Waals surface area contributed by atoms with Gasteiger partial charge in [-0.3, -0.25) is 0 Å². The molecule has 0 aromatic carbocycles. The largest absolute Gasteiger partial charge is 0.466 e. The second-order valence-electron chi connectivity index (χ2n) is 9.34. The molecule has 4 atom stereocenters. The first kappa shape index (κ1) is 21.1. The van der Waals surface area contributed by atoms with Crippen molar-refractivity contribution in [2.24, 2.45) is 23.7 Å². The Hall–Kier alpha value is -1.57. The molecule has 0 N–H and O–H groups in total. The monoisotopic (exact) mass is 382 g/mol. The number of esters is 1. The molecule has 1 saturated carbocycles. The predicted molar refractivity (Wildman–Crippen MR) is 117 cm³/mol. The molecule has 2 bridgehead atoms. The van der Waals surface area contributed by atoms with Gasteiger partial charge in [-0.15, -0.1) is 0 Å². The van der Waals surface area contributed by atoms with Gasteiger partial charge in [-0.2, -0.15) is 0 Å². The third-order valence-corrected chi connectivity index (χ3v) is 7.63. The minimum Gasteiger partial charge on any atom is -0.466 e. The summed E-state index contributed by atoms with van der Waals surface area (Å²) in [5.41, 5.74) is 7.33. The number of methoxy groups -OCH3 is 1. The van der Waals surface area contributed by atoms with Gasteiger partial charge in [-0.05, 0) is 95.3 Å². The molecule has 28 heavy (non-hydrogen) atoms. The number of carbonyl (C=O) groups is 1. The number of fused-ring (bicyclic) bond motifs is 4. The summed E-state index contributed by atoms with van der Waals surface area (Å²) in [6.07, 6.45) is 15.4. The zero-order valence-electron chi connectivity index (χ0n) is 18.4. The van der Waals surface area contributed by atoms with E-state index >= 15 is 0 Å². The van der Waals surface area contributed by atoms with Crippen molar-refractivity contribution in [2.75, 3.05) is 7.11 Å². The highest BCUT2D eigenvalue weighted by Crippen LogP contribution is 2.52. The van der Waals surface area contributed by atoms with Crippen LogP contribution < -0.4 is 0 Å². The molecule has 2 heteroatoms. The topological polar surface area (TPSA) is 26.3 Å². The van der Waals surface area contributed by atoms with E-state index in [9.17, 15) is 4.79 Å². The Bertz CT molecular complexity index is 706. The van der Waals surface area contributed by atoms with Gasteiger partial charge in [0.1, 0.15) is 0 Å². The first-order chi connectivity index (χ1) is 13.4. The molecule has 0 spiro atoms. The Kier molecular flexibility index (Phi) is 7.01. The highest BCUT2D eigenvalue weighted by Gasteiger charge is 2.41. The summed E-state index contributed by atoms with van der Waals surface area (Å²) in [5, 5.41) is 0. The second-order valence-corrected chi connectivity index (χ2v) is 9.34. The molecule has 0 aliphatic heterocycles. The van der Waals surface area contributed by atoms with E-state index in [1.807, 2.05) is 6.92 Å². The zero-order valence-corrected chi connectivity index (χ0v) is 18.4. The maximum absolute atomic E-state index is 11.6. The molecule has 0 radical (unpaired) electrons. The van der Waals surface area contributed by atoms with Crippen molar-refractivity contribution in [3.8, 4) is 0 Å². The van der Waals surface area contributed by atoms with Crippen LogP contribution in [0.1, 0.15) is 78.6 Å². The van der Waals surface area contributed by atoms with Crippen molar-refractivity contribution in [3.05, 3.63) is 46.6 Å². The highest BCUT2D eigenvalue weighted by atomic mass is 16.5. The number of hydrogen-bond donors (Lipinski definition) is 0. The quantitative estimate of drug-likeness (QED) is 0.292. The SMILES string of the molecule is C=C1CCC=C2CCC3=C(C)CC[C@@H]([C@@H](C)CC/C=C(\C)C(=O)OC)[C@@H]3[C@@H]1C2. The summed E-state index contributed by atoms with van der Waals surface area (Å²) in [6, 6.07) is 0. The summed E-state index contributed by atoms with van der Waals surface area (Å²) < 4.78 is 4.82. The zero-order chi connectivity index (χ0) is 20.3. The van der Waals surface area contributed by atoms with Crippen LogP contribution in [0.15, 0.2) is 46.6 Å². The maximum Gasteiger partial charge on any atom is 0.333 e. The summed E-state index contributed by atoms with van der Waals surface area (Å²) in [5.74, 6) is 2.53. The van der Waals surface area contributed by atoms with Gasteiger partial charge in [0.2, 0.25) is 0 Å². The first-order valence-corrected chi connectivity index (χ1v) is 11.2. The van der Waals surface area contributed by atoms with Gasteiger partial charge in [0.25, 0.3) is 0 Å². The van der Waals surface area contributed by atoms with Crippen molar-refractivity contribution in [2.45, 2.75) is 78.6 Å². The van der Waals surface area contributed by atoms with Gasteiger partial charge in [0, 0.05) is 5.57 Å². The summed E-state index contributed by atoms with van der Waals surface area (Å²) in [6.45, 7) is 11.2. The molecule has 1 fully saturated rings. The summed E-state index contributed by atoms with van der Waals surface area (Å²) in [7, 11) is 1.45. The third-order valence-electron chi connectivity index (χ3n) is 7.63. The van der Waals surface area contributed by atoms with Crippen molar-refractivity contribution >= 4 is 5.97 Å². The Morgan fingerprint density at radius 3 is 2.86 bits per heavy atom. The lowest BCUT2D eigenvalue weighted by molar-refractivity contribution is -0.136. The van der Waals surface area contributed by atoms with E-state index in [4.69, 9.17) is 4.74 Å². The number of ether oxygens (including phenoxy) is 1. The summed E-state index contributed by atoms with van der Waals surface area (Å²) >= 11 is 0. The van der Waals surface area contributed by atoms with Crippen LogP contribution >= 0.6 is 0 Å². The minimum absolute atomic E-state index is 0.205. The molecule has 0 saturated heterocycles. The fourth-order valence-electron chi connectivity index (χ4n) is 5.88. The van der Waals surface area contributed by atoms with Crippen molar-refractivity contribution in [1.29, 1.82) is 0 Å². The van der Waals surface area contributed by atoms with Gasteiger partial charge in [0.05, 0.1) is 7.11 Å². The predicted octanol–water partition coefficient (Wildman–Crippen LogP) is 6.94. The van der Waals surface area contributed by atoms with Crippen LogP contribution in [0.25, 0.3) is 0 Å². The maximum atomic E-state index is 11.6. The Labute approximate surface area is 171 Å². The lowest BCUT2D eigenvalue weighted by Gasteiger charge is -2.42. The van der Waals surface area contributed by atoms with Crippen LogP contribution in [0.4, 0.5) is 0 Å². The number of carbonyl (C=O) groups excluding carboxylic acids is 1. The van der Waals surface area contributed by atoms with Crippen LogP contribution in [0.3, 0.4) is 0 Å². The van der Waals surface area contributed by atoms with E-state index < -0.39 is 0 Å². The first-order valence-electron chi connectivity index (χ1n) is 11.2. The van der Waals surface area contributed by atoms with Crippen molar-refractivity contribution in [3.63, 3.8) is 0 Å². The molecule has 0 amide bonds. The molecule has 3 aliphatic carbocycles. The van der Waals surface area contributed by atoms with Gasteiger partial charge in [0.15, 0.2) is 0 Å². The average molecular weight is 383 g/mol. The van der Waals surface area contributed by atoms with E-state index in [2.05, 4.69) is 32.6 Å². The van der Waals surface area contributed by atoms with Gasteiger partial charge in [-0.1, -0.05) is 47.9 Å². The van der Waals surface area contributed by atoms with E-state index in [1.54, 1.807) is 16.7 Å². The van der Waals surface area contributed by atoms with Gasteiger partial charge < -0.3 is 4.74 Å². The second kappa shape index (κ2) is 9.29. The molecule has 154 valence electrons. The van der Waals surface area contributed by atoms with E-state index in [0.29, 0.717) is 17.8 Å². The lowest BCUT2D eigenvalue weighted by atomic mass is 9.62. The number of rotatable bonds is 5. The molecular formula is C26H38O2. The standard InChI is InChI=1S/C26H38O2/c1-17(8-6-10-20(4)26(27)28-5)22-14-12-19(3)23-15-13-21-11-7-9-18(2)24(16-21)25(22)23/h10-11,17,22,24-25H,2,6-9,12-16H2,1,3-5H3/b20-10+/t17-,22-,24+,25-/m0/s1.